The summed E-state index contributed by atoms with van der Waals surface area (Å²) in [6, 6.07) is 15.4. The summed E-state index contributed by atoms with van der Waals surface area (Å²) in [6.07, 6.45) is 1.42. The summed E-state index contributed by atoms with van der Waals surface area (Å²) in [6.45, 7) is 1.98. The van der Waals surface area contributed by atoms with Crippen molar-refractivity contribution in [1.29, 1.82) is 0 Å². The summed E-state index contributed by atoms with van der Waals surface area (Å²) in [5.41, 5.74) is 9.01. The van der Waals surface area contributed by atoms with Gasteiger partial charge in [-0.25, -0.2) is 0 Å². The summed E-state index contributed by atoms with van der Waals surface area (Å²) < 4.78 is 0.858. The zero-order valence-corrected chi connectivity index (χ0v) is 13.6. The minimum Gasteiger partial charge on any atom is -0.324 e. The molecule has 2 aromatic rings. The molecule has 3 nitrogen and oxygen atoms in total. The van der Waals surface area contributed by atoms with Gasteiger partial charge in [-0.1, -0.05) is 36.4 Å². The molecule has 21 heavy (non-hydrogen) atoms. The number of aryl methyl sites for hydroxylation is 2. The molecular formula is C17H19BrN2O. The van der Waals surface area contributed by atoms with Crippen LogP contribution < -0.4 is 11.1 Å². The number of anilines is 1. The van der Waals surface area contributed by atoms with E-state index in [0.29, 0.717) is 6.42 Å². The van der Waals surface area contributed by atoms with Gasteiger partial charge in [0.1, 0.15) is 0 Å². The number of nitrogens with one attached hydrogen (secondary N) is 1. The predicted molar refractivity (Wildman–Crippen MR) is 90.2 cm³/mol. The highest BCUT2D eigenvalue weighted by Gasteiger charge is 2.14. The van der Waals surface area contributed by atoms with E-state index in [9.17, 15) is 4.79 Å². The van der Waals surface area contributed by atoms with Crippen LogP contribution in [0.3, 0.4) is 0 Å². The van der Waals surface area contributed by atoms with Crippen LogP contribution in [0.5, 0.6) is 0 Å². The van der Waals surface area contributed by atoms with E-state index in [1.165, 1.54) is 5.56 Å². The number of hydrogen-bond donors (Lipinski definition) is 2. The van der Waals surface area contributed by atoms with Crippen LogP contribution in [0.4, 0.5) is 5.69 Å². The second kappa shape index (κ2) is 7.38. The molecule has 0 heterocycles. The summed E-state index contributed by atoms with van der Waals surface area (Å²) >= 11 is 3.43. The van der Waals surface area contributed by atoms with E-state index in [0.717, 1.165) is 22.1 Å². The van der Waals surface area contributed by atoms with Gasteiger partial charge < -0.3 is 11.1 Å². The first kappa shape index (κ1) is 15.7. The largest absolute Gasteiger partial charge is 0.324 e. The Hall–Kier alpha value is -1.65. The first-order valence-electron chi connectivity index (χ1n) is 6.93. The maximum atomic E-state index is 12.1. The molecule has 2 rings (SSSR count). The highest BCUT2D eigenvalue weighted by Crippen LogP contribution is 2.23. The number of amides is 1. The Morgan fingerprint density at radius 2 is 1.95 bits per heavy atom. The number of rotatable bonds is 5. The van der Waals surface area contributed by atoms with Gasteiger partial charge in [0.2, 0.25) is 5.91 Å². The molecule has 0 aromatic heterocycles. The third kappa shape index (κ3) is 4.69. The maximum Gasteiger partial charge on any atom is 0.241 e. The van der Waals surface area contributed by atoms with Crippen LogP contribution in [0.1, 0.15) is 17.5 Å². The van der Waals surface area contributed by atoms with Crippen LogP contribution >= 0.6 is 15.9 Å². The second-order valence-corrected chi connectivity index (χ2v) is 5.96. The summed E-state index contributed by atoms with van der Waals surface area (Å²) in [5, 5.41) is 2.88. The molecule has 1 atom stereocenters. The first-order chi connectivity index (χ1) is 10.1. The Morgan fingerprint density at radius 3 is 2.67 bits per heavy atom. The first-order valence-corrected chi connectivity index (χ1v) is 7.72. The van der Waals surface area contributed by atoms with Gasteiger partial charge in [0.05, 0.1) is 11.7 Å². The van der Waals surface area contributed by atoms with E-state index < -0.39 is 6.04 Å². The normalized spacial score (nSPS) is 12.0. The van der Waals surface area contributed by atoms with E-state index in [-0.39, 0.29) is 5.91 Å². The van der Waals surface area contributed by atoms with Crippen molar-refractivity contribution in [3.63, 3.8) is 0 Å². The van der Waals surface area contributed by atoms with Crippen LogP contribution in [-0.2, 0) is 11.2 Å². The van der Waals surface area contributed by atoms with E-state index in [1.807, 2.05) is 55.5 Å². The number of carbonyl (C=O) groups is 1. The average molecular weight is 347 g/mol. The van der Waals surface area contributed by atoms with E-state index in [2.05, 4.69) is 21.2 Å². The fourth-order valence-corrected chi connectivity index (χ4v) is 2.40. The fourth-order valence-electron chi connectivity index (χ4n) is 2.06. The monoisotopic (exact) mass is 346 g/mol. The van der Waals surface area contributed by atoms with Gasteiger partial charge in [0.25, 0.3) is 0 Å². The molecule has 1 amide bonds. The lowest BCUT2D eigenvalue weighted by Gasteiger charge is -2.13. The molecule has 0 aliphatic heterocycles. The molecule has 0 fully saturated rings. The molecule has 0 radical (unpaired) electrons. The lowest BCUT2D eigenvalue weighted by molar-refractivity contribution is -0.117. The van der Waals surface area contributed by atoms with Crippen LogP contribution in [0.2, 0.25) is 0 Å². The minimum atomic E-state index is -0.516. The van der Waals surface area contributed by atoms with Gasteiger partial charge in [-0.05, 0) is 59.0 Å². The summed E-state index contributed by atoms with van der Waals surface area (Å²) in [5.74, 6) is -0.155. The molecule has 2 aromatic carbocycles. The third-order valence-corrected chi connectivity index (χ3v) is 3.99. The second-order valence-electron chi connectivity index (χ2n) is 5.10. The molecule has 0 spiro atoms. The Balaban J connectivity index is 1.92. The maximum absolute atomic E-state index is 12.1. The van der Waals surface area contributed by atoms with Crippen molar-refractivity contribution in [1.82, 2.24) is 0 Å². The zero-order chi connectivity index (χ0) is 15.2. The van der Waals surface area contributed by atoms with Crippen molar-refractivity contribution in [3.8, 4) is 0 Å². The molecule has 0 aliphatic carbocycles. The topological polar surface area (TPSA) is 55.1 Å². The van der Waals surface area contributed by atoms with Gasteiger partial charge >= 0.3 is 0 Å². The number of hydrogen-bond acceptors (Lipinski definition) is 2. The molecule has 0 unspecified atom stereocenters. The van der Waals surface area contributed by atoms with E-state index in [4.69, 9.17) is 5.73 Å². The Bertz CT molecular complexity index is 613. The van der Waals surface area contributed by atoms with Crippen molar-refractivity contribution < 1.29 is 4.79 Å². The van der Waals surface area contributed by atoms with Gasteiger partial charge in [0.15, 0.2) is 0 Å². The Kier molecular flexibility index (Phi) is 5.53. The van der Waals surface area contributed by atoms with Crippen LogP contribution in [0.25, 0.3) is 0 Å². The van der Waals surface area contributed by atoms with Crippen molar-refractivity contribution in [2.45, 2.75) is 25.8 Å². The van der Waals surface area contributed by atoms with Gasteiger partial charge in [-0.15, -0.1) is 0 Å². The number of halogens is 1. The molecule has 3 N–H and O–H groups in total. The highest BCUT2D eigenvalue weighted by atomic mass is 79.9. The molecule has 0 bridgehead atoms. The Labute approximate surface area is 133 Å². The number of benzene rings is 2. The van der Waals surface area contributed by atoms with Crippen molar-refractivity contribution in [3.05, 3.63) is 64.1 Å². The van der Waals surface area contributed by atoms with Crippen molar-refractivity contribution in [2.75, 3.05) is 5.32 Å². The molecule has 0 saturated carbocycles. The fraction of sp³-hybridized carbons (Fsp3) is 0.235. The smallest absolute Gasteiger partial charge is 0.241 e. The van der Waals surface area contributed by atoms with Crippen LogP contribution in [0.15, 0.2) is 53.0 Å². The summed E-state index contributed by atoms with van der Waals surface area (Å²) in [4.78, 5) is 12.1. The lowest BCUT2D eigenvalue weighted by atomic mass is 10.1. The predicted octanol–water partition coefficient (Wildman–Crippen LogP) is 3.66. The molecule has 0 aliphatic rings. The quantitative estimate of drug-likeness (QED) is 0.867. The zero-order valence-electron chi connectivity index (χ0n) is 12.0. The lowest BCUT2D eigenvalue weighted by Crippen LogP contribution is -2.36. The SMILES string of the molecule is Cc1ccc(Br)c(NC(=O)[C@@H](N)CCc2ccccc2)c1. The van der Waals surface area contributed by atoms with Crippen LogP contribution in [0, 0.1) is 6.92 Å². The van der Waals surface area contributed by atoms with Gasteiger partial charge in [0, 0.05) is 4.47 Å². The third-order valence-electron chi connectivity index (χ3n) is 3.30. The van der Waals surface area contributed by atoms with Crippen molar-refractivity contribution in [2.24, 2.45) is 5.73 Å². The summed E-state index contributed by atoms with van der Waals surface area (Å²) in [7, 11) is 0. The standard InChI is InChI=1S/C17H19BrN2O/c1-12-7-9-14(18)16(11-12)20-17(21)15(19)10-8-13-5-3-2-4-6-13/h2-7,9,11,15H,8,10,19H2,1H3,(H,20,21)/t15-/m0/s1. The molecule has 110 valence electrons. The molecular weight excluding hydrogens is 328 g/mol. The number of nitrogens with two attached hydrogens (primary N) is 1. The van der Waals surface area contributed by atoms with E-state index >= 15 is 0 Å². The molecule has 4 heteroatoms. The molecule has 0 saturated heterocycles. The van der Waals surface area contributed by atoms with Gasteiger partial charge in [-0.3, -0.25) is 4.79 Å². The Morgan fingerprint density at radius 1 is 1.24 bits per heavy atom. The highest BCUT2D eigenvalue weighted by molar-refractivity contribution is 9.10. The average Bonchev–Trinajstić information content (AvgIpc) is 2.49. The van der Waals surface area contributed by atoms with Crippen LogP contribution in [-0.4, -0.2) is 11.9 Å². The minimum absolute atomic E-state index is 0.155. The van der Waals surface area contributed by atoms with Crippen molar-refractivity contribution >= 4 is 27.5 Å². The number of carbonyl (C=O) groups excluding carboxylic acids is 1. The van der Waals surface area contributed by atoms with Gasteiger partial charge in [-0.2, -0.15) is 0 Å². The van der Waals surface area contributed by atoms with E-state index in [1.54, 1.807) is 0 Å².